The standard InChI is InChI=1S/C21H17F3N2O4/c22-21(23,24)17-12-25(10-13-6-2-1-3-7-13)11-16(17)20(29)30-26-18(27)14-8-4-5-9-15(14)19(26)28/h1-9,16-17H,10-12H2/t16-,17-/m1/s1. The summed E-state index contributed by atoms with van der Waals surface area (Å²) in [5, 5.41) is 0.250. The van der Waals surface area contributed by atoms with E-state index in [2.05, 4.69) is 0 Å². The van der Waals surface area contributed by atoms with Crippen molar-refractivity contribution >= 4 is 17.8 Å². The molecule has 2 heterocycles. The fourth-order valence-corrected chi connectivity index (χ4v) is 3.83. The van der Waals surface area contributed by atoms with E-state index in [-0.39, 0.29) is 35.8 Å². The van der Waals surface area contributed by atoms with Gasteiger partial charge in [-0.05, 0) is 17.7 Å². The lowest BCUT2D eigenvalue weighted by Crippen LogP contribution is -2.40. The number of imide groups is 1. The fourth-order valence-electron chi connectivity index (χ4n) is 3.83. The summed E-state index contributed by atoms with van der Waals surface area (Å²) in [5.74, 6) is -6.48. The van der Waals surface area contributed by atoms with Crippen molar-refractivity contribution in [1.82, 2.24) is 9.96 Å². The minimum Gasteiger partial charge on any atom is -0.329 e. The second-order valence-corrected chi connectivity index (χ2v) is 7.29. The SMILES string of the molecule is O=C(ON1C(=O)c2ccccc2C1=O)[C@@H]1CN(Cc2ccccc2)C[C@H]1C(F)(F)F. The molecule has 2 aliphatic heterocycles. The van der Waals surface area contributed by atoms with E-state index in [0.29, 0.717) is 0 Å². The van der Waals surface area contributed by atoms with E-state index in [1.165, 1.54) is 29.2 Å². The van der Waals surface area contributed by atoms with Gasteiger partial charge in [-0.25, -0.2) is 4.79 Å². The maximum atomic E-state index is 13.6. The van der Waals surface area contributed by atoms with Crippen LogP contribution >= 0.6 is 0 Å². The second-order valence-electron chi connectivity index (χ2n) is 7.29. The average Bonchev–Trinajstić information content (AvgIpc) is 3.25. The van der Waals surface area contributed by atoms with Gasteiger partial charge in [-0.2, -0.15) is 13.2 Å². The molecule has 2 amide bonds. The average molecular weight is 418 g/mol. The highest BCUT2D eigenvalue weighted by molar-refractivity contribution is 6.20. The highest BCUT2D eigenvalue weighted by atomic mass is 19.4. The molecule has 0 N–H and O–H groups in total. The summed E-state index contributed by atoms with van der Waals surface area (Å²) in [5.41, 5.74) is 0.896. The maximum Gasteiger partial charge on any atom is 0.393 e. The minimum atomic E-state index is -4.63. The molecule has 0 aromatic heterocycles. The van der Waals surface area contributed by atoms with E-state index < -0.39 is 35.8 Å². The Morgan fingerprint density at radius 3 is 2.07 bits per heavy atom. The number of benzene rings is 2. The molecule has 0 saturated carbocycles. The van der Waals surface area contributed by atoms with Gasteiger partial charge in [0, 0.05) is 19.6 Å². The predicted octanol–water partition coefficient (Wildman–Crippen LogP) is 3.05. The molecule has 0 spiro atoms. The zero-order valence-corrected chi connectivity index (χ0v) is 15.6. The quantitative estimate of drug-likeness (QED) is 0.714. The van der Waals surface area contributed by atoms with E-state index in [1.54, 1.807) is 30.3 Å². The molecule has 9 heteroatoms. The Kier molecular flexibility index (Phi) is 5.07. The van der Waals surface area contributed by atoms with Crippen LogP contribution in [-0.2, 0) is 16.2 Å². The summed E-state index contributed by atoms with van der Waals surface area (Å²) in [6.07, 6.45) is -4.63. The molecule has 156 valence electrons. The molecule has 0 aliphatic carbocycles. The predicted molar refractivity (Wildman–Crippen MR) is 97.8 cm³/mol. The number of likely N-dealkylation sites (tertiary alicyclic amines) is 1. The van der Waals surface area contributed by atoms with Gasteiger partial charge < -0.3 is 4.84 Å². The number of amides is 2. The van der Waals surface area contributed by atoms with Gasteiger partial charge >= 0.3 is 12.1 Å². The Morgan fingerprint density at radius 2 is 1.50 bits per heavy atom. The molecule has 2 aliphatic rings. The van der Waals surface area contributed by atoms with Crippen molar-refractivity contribution in [1.29, 1.82) is 0 Å². The van der Waals surface area contributed by atoms with Crippen molar-refractivity contribution in [2.45, 2.75) is 12.7 Å². The first-order chi connectivity index (χ1) is 14.3. The van der Waals surface area contributed by atoms with Crippen LogP contribution in [0.1, 0.15) is 26.3 Å². The molecule has 0 unspecified atom stereocenters. The van der Waals surface area contributed by atoms with Crippen LogP contribution in [-0.4, -0.2) is 47.0 Å². The van der Waals surface area contributed by atoms with Crippen LogP contribution in [0.25, 0.3) is 0 Å². The molecule has 4 rings (SSSR count). The van der Waals surface area contributed by atoms with E-state index in [0.717, 1.165) is 5.56 Å². The van der Waals surface area contributed by atoms with Gasteiger partial charge in [0.2, 0.25) is 0 Å². The Bertz CT molecular complexity index is 958. The lowest BCUT2D eigenvalue weighted by atomic mass is 9.96. The molecule has 0 radical (unpaired) electrons. The van der Waals surface area contributed by atoms with Crippen molar-refractivity contribution in [3.05, 3.63) is 71.3 Å². The summed E-state index contributed by atoms with van der Waals surface area (Å²) >= 11 is 0. The highest BCUT2D eigenvalue weighted by Crippen LogP contribution is 2.39. The molecule has 1 fully saturated rings. The third-order valence-corrected chi connectivity index (χ3v) is 5.31. The zero-order valence-electron chi connectivity index (χ0n) is 15.6. The van der Waals surface area contributed by atoms with Crippen LogP contribution in [0.5, 0.6) is 0 Å². The number of hydrogen-bond acceptors (Lipinski definition) is 5. The van der Waals surface area contributed by atoms with Crippen molar-refractivity contribution in [3.63, 3.8) is 0 Å². The van der Waals surface area contributed by atoms with Crippen LogP contribution < -0.4 is 0 Å². The van der Waals surface area contributed by atoms with E-state index in [9.17, 15) is 27.6 Å². The van der Waals surface area contributed by atoms with Crippen molar-refractivity contribution < 1.29 is 32.4 Å². The third-order valence-electron chi connectivity index (χ3n) is 5.31. The number of rotatable bonds is 4. The molecular weight excluding hydrogens is 401 g/mol. The smallest absolute Gasteiger partial charge is 0.329 e. The summed E-state index contributed by atoms with van der Waals surface area (Å²) in [6, 6.07) is 14.8. The number of alkyl halides is 3. The van der Waals surface area contributed by atoms with Gasteiger partial charge in [-0.1, -0.05) is 47.5 Å². The van der Waals surface area contributed by atoms with Gasteiger partial charge in [-0.3, -0.25) is 14.5 Å². The highest BCUT2D eigenvalue weighted by Gasteiger charge is 2.54. The van der Waals surface area contributed by atoms with Gasteiger partial charge in [-0.15, -0.1) is 0 Å². The molecular formula is C21H17F3N2O4. The fraction of sp³-hybridized carbons (Fsp3) is 0.286. The number of fused-ring (bicyclic) bond motifs is 1. The van der Waals surface area contributed by atoms with Crippen LogP contribution in [0.2, 0.25) is 0 Å². The van der Waals surface area contributed by atoms with Gasteiger partial charge in [0.15, 0.2) is 0 Å². The number of halogens is 3. The summed E-state index contributed by atoms with van der Waals surface area (Å²) in [7, 11) is 0. The molecule has 30 heavy (non-hydrogen) atoms. The third kappa shape index (κ3) is 3.68. The summed E-state index contributed by atoms with van der Waals surface area (Å²) in [4.78, 5) is 43.7. The van der Waals surface area contributed by atoms with Crippen molar-refractivity contribution in [3.8, 4) is 0 Å². The normalized spacial score (nSPS) is 21.8. The molecule has 2 aromatic rings. The van der Waals surface area contributed by atoms with Crippen LogP contribution in [0, 0.1) is 11.8 Å². The Labute approximate surface area is 169 Å². The van der Waals surface area contributed by atoms with Crippen LogP contribution in [0.3, 0.4) is 0 Å². The largest absolute Gasteiger partial charge is 0.393 e. The maximum absolute atomic E-state index is 13.6. The van der Waals surface area contributed by atoms with Gasteiger partial charge in [0.1, 0.15) is 0 Å². The molecule has 0 bridgehead atoms. The first-order valence-electron chi connectivity index (χ1n) is 9.28. The lowest BCUT2D eigenvalue weighted by molar-refractivity contribution is -0.200. The molecule has 6 nitrogen and oxygen atoms in total. The summed E-state index contributed by atoms with van der Waals surface area (Å²) < 4.78 is 40.7. The topological polar surface area (TPSA) is 66.9 Å². The summed E-state index contributed by atoms with van der Waals surface area (Å²) in [6.45, 7) is -0.328. The van der Waals surface area contributed by atoms with E-state index >= 15 is 0 Å². The Balaban J connectivity index is 1.50. The van der Waals surface area contributed by atoms with E-state index in [1.807, 2.05) is 0 Å². The lowest BCUT2D eigenvalue weighted by Gasteiger charge is -2.21. The van der Waals surface area contributed by atoms with Gasteiger partial charge in [0.05, 0.1) is 23.0 Å². The number of hydrogen-bond donors (Lipinski definition) is 0. The first-order valence-corrected chi connectivity index (χ1v) is 9.28. The Morgan fingerprint density at radius 1 is 0.933 bits per heavy atom. The number of nitrogens with zero attached hydrogens (tertiary/aromatic N) is 2. The molecule has 1 saturated heterocycles. The molecule has 2 aromatic carbocycles. The van der Waals surface area contributed by atoms with Crippen LogP contribution in [0.4, 0.5) is 13.2 Å². The number of hydroxylamine groups is 2. The zero-order chi connectivity index (χ0) is 21.5. The van der Waals surface area contributed by atoms with Gasteiger partial charge in [0.25, 0.3) is 11.8 Å². The molecule has 2 atom stereocenters. The van der Waals surface area contributed by atoms with Crippen molar-refractivity contribution in [2.75, 3.05) is 13.1 Å². The number of carbonyl (C=O) groups is 3. The van der Waals surface area contributed by atoms with Crippen LogP contribution in [0.15, 0.2) is 54.6 Å². The Hall–Kier alpha value is -3.20. The first kappa shape index (κ1) is 20.1. The van der Waals surface area contributed by atoms with Crippen molar-refractivity contribution in [2.24, 2.45) is 11.8 Å². The van der Waals surface area contributed by atoms with E-state index in [4.69, 9.17) is 4.84 Å². The monoisotopic (exact) mass is 418 g/mol. The number of carbonyl (C=O) groups excluding carboxylic acids is 3. The second kappa shape index (κ2) is 7.56. The minimum absolute atomic E-state index is 0.0415.